The molecule has 0 radical (unpaired) electrons. The lowest BCUT2D eigenvalue weighted by Crippen LogP contribution is -2.12. The summed E-state index contributed by atoms with van der Waals surface area (Å²) in [6, 6.07) is 7.69. The molecule has 4 heteroatoms. The van der Waals surface area contributed by atoms with Crippen molar-refractivity contribution in [2.45, 2.75) is 26.3 Å². The number of ether oxygens (including phenoxy) is 1. The van der Waals surface area contributed by atoms with Crippen LogP contribution in [0.4, 0.5) is 0 Å². The zero-order chi connectivity index (χ0) is 13.8. The number of hydrogen-bond donors (Lipinski definition) is 1. The van der Waals surface area contributed by atoms with Crippen LogP contribution in [0.1, 0.15) is 36.8 Å². The van der Waals surface area contributed by atoms with Crippen LogP contribution in [0.2, 0.25) is 0 Å². The first kappa shape index (κ1) is 14.2. The van der Waals surface area contributed by atoms with E-state index in [-0.39, 0.29) is 6.04 Å². The lowest BCUT2D eigenvalue weighted by molar-refractivity contribution is 0.338. The Morgan fingerprint density at radius 2 is 2.11 bits per heavy atom. The van der Waals surface area contributed by atoms with E-state index in [1.165, 1.54) is 0 Å². The molecule has 0 aliphatic rings. The average molecular weight is 324 g/mol. The van der Waals surface area contributed by atoms with Gasteiger partial charge in [0, 0.05) is 12.0 Å². The Morgan fingerprint density at radius 3 is 2.74 bits per heavy atom. The first-order valence-electron chi connectivity index (χ1n) is 6.41. The van der Waals surface area contributed by atoms with Crippen LogP contribution in [0.25, 0.3) is 0 Å². The summed E-state index contributed by atoms with van der Waals surface area (Å²) in [4.78, 5) is 0. The summed E-state index contributed by atoms with van der Waals surface area (Å²) in [5.41, 5.74) is 8.38. The number of benzene rings is 1. The van der Waals surface area contributed by atoms with E-state index in [2.05, 4.69) is 22.9 Å². The summed E-state index contributed by atoms with van der Waals surface area (Å²) < 4.78 is 11.9. The van der Waals surface area contributed by atoms with Crippen molar-refractivity contribution in [3.63, 3.8) is 0 Å². The van der Waals surface area contributed by atoms with Crippen LogP contribution in [-0.4, -0.2) is 6.61 Å². The van der Waals surface area contributed by atoms with Crippen molar-refractivity contribution in [3.8, 4) is 5.75 Å². The number of aryl methyl sites for hydroxylation is 1. The van der Waals surface area contributed by atoms with Crippen molar-refractivity contribution in [3.05, 3.63) is 51.9 Å². The summed E-state index contributed by atoms with van der Waals surface area (Å²) in [7, 11) is 0. The predicted octanol–water partition coefficient (Wildman–Crippen LogP) is 4.05. The Bertz CT molecular complexity index is 551. The highest BCUT2D eigenvalue weighted by Crippen LogP contribution is 2.31. The largest absolute Gasteiger partial charge is 0.493 e. The van der Waals surface area contributed by atoms with Gasteiger partial charge in [-0.05, 0) is 46.6 Å². The highest BCUT2D eigenvalue weighted by Gasteiger charge is 2.16. The fraction of sp³-hybridized carbons (Fsp3) is 0.333. The second-order valence-electron chi connectivity index (χ2n) is 4.25. The topological polar surface area (TPSA) is 48.4 Å². The van der Waals surface area contributed by atoms with Gasteiger partial charge in [0.2, 0.25) is 0 Å². The van der Waals surface area contributed by atoms with Crippen LogP contribution >= 0.6 is 15.9 Å². The van der Waals surface area contributed by atoms with Crippen LogP contribution in [-0.2, 0) is 6.42 Å². The lowest BCUT2D eigenvalue weighted by Gasteiger charge is -2.14. The molecular weight excluding hydrogens is 306 g/mol. The van der Waals surface area contributed by atoms with E-state index in [0.717, 1.165) is 33.5 Å². The van der Waals surface area contributed by atoms with Gasteiger partial charge < -0.3 is 14.9 Å². The molecule has 0 aliphatic heterocycles. The Morgan fingerprint density at radius 1 is 1.32 bits per heavy atom. The van der Waals surface area contributed by atoms with Crippen molar-refractivity contribution in [1.29, 1.82) is 0 Å². The summed E-state index contributed by atoms with van der Waals surface area (Å²) in [5.74, 6) is 1.78. The van der Waals surface area contributed by atoms with E-state index >= 15 is 0 Å². The van der Waals surface area contributed by atoms with Crippen LogP contribution in [0, 0.1) is 0 Å². The average Bonchev–Trinajstić information content (AvgIpc) is 2.88. The summed E-state index contributed by atoms with van der Waals surface area (Å²) >= 11 is 3.51. The monoisotopic (exact) mass is 323 g/mol. The van der Waals surface area contributed by atoms with Crippen LogP contribution in [0.5, 0.6) is 5.75 Å². The van der Waals surface area contributed by atoms with Crippen molar-refractivity contribution in [1.82, 2.24) is 0 Å². The van der Waals surface area contributed by atoms with Gasteiger partial charge in [0.1, 0.15) is 11.5 Å². The summed E-state index contributed by atoms with van der Waals surface area (Å²) in [5, 5.41) is 0. The van der Waals surface area contributed by atoms with Crippen molar-refractivity contribution in [2.24, 2.45) is 5.73 Å². The van der Waals surface area contributed by atoms with Gasteiger partial charge in [-0.3, -0.25) is 0 Å². The molecule has 0 spiro atoms. The molecule has 1 unspecified atom stereocenters. The molecular formula is C15H18BrNO2. The number of nitrogens with two attached hydrogens (primary N) is 1. The molecule has 3 nitrogen and oxygen atoms in total. The van der Waals surface area contributed by atoms with Gasteiger partial charge in [0.05, 0.1) is 23.4 Å². The molecule has 19 heavy (non-hydrogen) atoms. The highest BCUT2D eigenvalue weighted by molar-refractivity contribution is 9.10. The third kappa shape index (κ3) is 3.01. The molecule has 0 saturated heterocycles. The summed E-state index contributed by atoms with van der Waals surface area (Å²) in [6.45, 7) is 4.67. The Labute approximate surface area is 121 Å². The SMILES string of the molecule is CCOc1ccc(C(N)c2ccoc2CC)cc1Br. The molecule has 2 N–H and O–H groups in total. The summed E-state index contributed by atoms with van der Waals surface area (Å²) in [6.07, 6.45) is 2.53. The van der Waals surface area contributed by atoms with E-state index in [9.17, 15) is 0 Å². The fourth-order valence-electron chi connectivity index (χ4n) is 2.08. The predicted molar refractivity (Wildman–Crippen MR) is 79.4 cm³/mol. The molecule has 0 aliphatic carbocycles. The van der Waals surface area contributed by atoms with E-state index in [0.29, 0.717) is 6.61 Å². The van der Waals surface area contributed by atoms with Crippen molar-refractivity contribution in [2.75, 3.05) is 6.61 Å². The first-order valence-corrected chi connectivity index (χ1v) is 7.20. The third-order valence-electron chi connectivity index (χ3n) is 3.05. The molecule has 1 atom stereocenters. The zero-order valence-electron chi connectivity index (χ0n) is 11.2. The van der Waals surface area contributed by atoms with Gasteiger partial charge in [0.15, 0.2) is 0 Å². The first-order chi connectivity index (χ1) is 9.17. The normalized spacial score (nSPS) is 12.4. The van der Waals surface area contributed by atoms with Gasteiger partial charge in [0.25, 0.3) is 0 Å². The van der Waals surface area contributed by atoms with Crippen molar-refractivity contribution >= 4 is 15.9 Å². The maximum Gasteiger partial charge on any atom is 0.133 e. The minimum Gasteiger partial charge on any atom is -0.493 e. The van der Waals surface area contributed by atoms with E-state index < -0.39 is 0 Å². The maximum absolute atomic E-state index is 6.31. The van der Waals surface area contributed by atoms with E-state index in [1.807, 2.05) is 31.2 Å². The Hall–Kier alpha value is -1.26. The van der Waals surface area contributed by atoms with Gasteiger partial charge in [-0.15, -0.1) is 0 Å². The molecule has 1 heterocycles. The van der Waals surface area contributed by atoms with Gasteiger partial charge in [-0.2, -0.15) is 0 Å². The molecule has 0 saturated carbocycles. The molecule has 0 fully saturated rings. The highest BCUT2D eigenvalue weighted by atomic mass is 79.9. The molecule has 102 valence electrons. The van der Waals surface area contributed by atoms with Crippen molar-refractivity contribution < 1.29 is 9.15 Å². The Balaban J connectivity index is 2.29. The van der Waals surface area contributed by atoms with E-state index in [1.54, 1.807) is 6.26 Å². The van der Waals surface area contributed by atoms with Gasteiger partial charge in [-0.25, -0.2) is 0 Å². The minimum atomic E-state index is -0.180. The van der Waals surface area contributed by atoms with Crippen LogP contribution in [0.3, 0.4) is 0 Å². The molecule has 2 aromatic rings. The van der Waals surface area contributed by atoms with E-state index in [4.69, 9.17) is 14.9 Å². The minimum absolute atomic E-state index is 0.180. The second kappa shape index (κ2) is 6.26. The maximum atomic E-state index is 6.31. The smallest absolute Gasteiger partial charge is 0.133 e. The number of rotatable bonds is 5. The number of hydrogen-bond acceptors (Lipinski definition) is 3. The number of halogens is 1. The van der Waals surface area contributed by atoms with Crippen LogP contribution in [0.15, 0.2) is 39.4 Å². The molecule has 0 bridgehead atoms. The Kier molecular flexibility index (Phi) is 4.66. The van der Waals surface area contributed by atoms with Gasteiger partial charge >= 0.3 is 0 Å². The van der Waals surface area contributed by atoms with Gasteiger partial charge in [-0.1, -0.05) is 13.0 Å². The van der Waals surface area contributed by atoms with Crippen LogP contribution < -0.4 is 10.5 Å². The fourth-order valence-corrected chi connectivity index (χ4v) is 2.59. The molecule has 2 rings (SSSR count). The second-order valence-corrected chi connectivity index (χ2v) is 5.11. The molecule has 1 aromatic carbocycles. The third-order valence-corrected chi connectivity index (χ3v) is 3.67. The lowest BCUT2D eigenvalue weighted by atomic mass is 9.99. The quantitative estimate of drug-likeness (QED) is 0.902. The standard InChI is InChI=1S/C15H18BrNO2/c1-3-13-11(7-8-19-13)15(17)10-5-6-14(18-4-2)12(16)9-10/h5-9,15H,3-4,17H2,1-2H3. The molecule has 1 aromatic heterocycles. The molecule has 0 amide bonds. The zero-order valence-corrected chi connectivity index (χ0v) is 12.7. The number of furan rings is 1.